The van der Waals surface area contributed by atoms with Crippen LogP contribution in [0.3, 0.4) is 0 Å². The van der Waals surface area contributed by atoms with Gasteiger partial charge in [-0.15, -0.1) is 6.58 Å². The fourth-order valence-electron chi connectivity index (χ4n) is 4.11. The molecule has 0 spiro atoms. The lowest BCUT2D eigenvalue weighted by Gasteiger charge is -2.15. The van der Waals surface area contributed by atoms with E-state index in [0.29, 0.717) is 26.1 Å². The van der Waals surface area contributed by atoms with E-state index in [2.05, 4.69) is 42.3 Å². The quantitative estimate of drug-likeness (QED) is 0.384. The maximum atomic E-state index is 12.4. The minimum atomic E-state index is 0.133. The molecule has 1 fully saturated rings. The van der Waals surface area contributed by atoms with Crippen molar-refractivity contribution in [2.24, 2.45) is 0 Å². The fraction of sp³-hybridized carbons (Fsp3) is 0.360. The number of hydrogen-bond acceptors (Lipinski definition) is 3. The van der Waals surface area contributed by atoms with Crippen molar-refractivity contribution in [1.29, 1.82) is 0 Å². The van der Waals surface area contributed by atoms with E-state index >= 15 is 0 Å². The van der Waals surface area contributed by atoms with Crippen LogP contribution in [0.5, 0.6) is 5.75 Å². The largest absolute Gasteiger partial charge is 0.494 e. The summed E-state index contributed by atoms with van der Waals surface area (Å²) in [6.07, 6.45) is 4.27. The Bertz CT molecular complexity index is 1020. The highest BCUT2D eigenvalue weighted by Gasteiger charge is 2.33. The molecule has 1 saturated heterocycles. The average molecular weight is 404 g/mol. The molecule has 1 atom stereocenters. The Kier molecular flexibility index (Phi) is 6.17. The summed E-state index contributed by atoms with van der Waals surface area (Å²) in [5, 5.41) is 0. The minimum absolute atomic E-state index is 0.133. The van der Waals surface area contributed by atoms with Gasteiger partial charge in [-0.25, -0.2) is 4.98 Å². The molecule has 2 heterocycles. The van der Waals surface area contributed by atoms with Gasteiger partial charge in [0, 0.05) is 32.0 Å². The van der Waals surface area contributed by atoms with Crippen LogP contribution in [0.25, 0.3) is 11.0 Å². The van der Waals surface area contributed by atoms with Crippen LogP contribution in [0, 0.1) is 6.92 Å². The van der Waals surface area contributed by atoms with Crippen LogP contribution in [0.1, 0.15) is 36.6 Å². The molecule has 0 saturated carbocycles. The second kappa shape index (κ2) is 9.16. The molecule has 5 nitrogen and oxygen atoms in total. The maximum Gasteiger partial charge on any atom is 0.223 e. The first-order chi connectivity index (χ1) is 14.7. The van der Waals surface area contributed by atoms with Gasteiger partial charge in [0.1, 0.15) is 11.6 Å². The van der Waals surface area contributed by atoms with Crippen LogP contribution in [0.15, 0.2) is 61.2 Å². The SMILES string of the molecule is C=CCN1C[C@@H](c2nc3ccccc3n2CCCCOc2ccc(C)cc2)CC1=O. The van der Waals surface area contributed by atoms with Gasteiger partial charge in [-0.1, -0.05) is 35.9 Å². The van der Waals surface area contributed by atoms with E-state index in [1.807, 2.05) is 29.2 Å². The Hall–Kier alpha value is -3.08. The summed E-state index contributed by atoms with van der Waals surface area (Å²) in [5.41, 5.74) is 3.37. The molecule has 0 N–H and O–H groups in total. The number of aromatic nitrogens is 2. The van der Waals surface area contributed by atoms with Crippen molar-refractivity contribution in [2.75, 3.05) is 19.7 Å². The molecule has 30 heavy (non-hydrogen) atoms. The normalized spacial score (nSPS) is 16.4. The topological polar surface area (TPSA) is 47.4 Å². The standard InChI is InChI=1S/C25H29N3O2/c1-3-14-27-18-20(17-24(27)29)25-26-22-8-4-5-9-23(22)28(25)15-6-7-16-30-21-12-10-19(2)11-13-21/h3-5,8-13,20H,1,6-7,14-18H2,2H3/t20-/m0/s1. The number of hydrogen-bond donors (Lipinski definition) is 0. The Morgan fingerprint density at radius 1 is 1.17 bits per heavy atom. The van der Waals surface area contributed by atoms with Crippen LogP contribution in [0.2, 0.25) is 0 Å². The zero-order valence-electron chi connectivity index (χ0n) is 17.6. The molecule has 5 heteroatoms. The Morgan fingerprint density at radius 2 is 1.97 bits per heavy atom. The van der Waals surface area contributed by atoms with Crippen LogP contribution in [0.4, 0.5) is 0 Å². The fourth-order valence-corrected chi connectivity index (χ4v) is 4.11. The number of ether oxygens (including phenoxy) is 1. The summed E-state index contributed by atoms with van der Waals surface area (Å²) in [5.74, 6) is 2.26. The van der Waals surface area contributed by atoms with Crippen molar-refractivity contribution in [1.82, 2.24) is 14.5 Å². The summed E-state index contributed by atoms with van der Waals surface area (Å²) in [6.45, 7) is 8.73. The molecular formula is C25H29N3O2. The van der Waals surface area contributed by atoms with Crippen LogP contribution in [-0.2, 0) is 11.3 Å². The number of benzene rings is 2. The van der Waals surface area contributed by atoms with Crippen molar-refractivity contribution in [3.8, 4) is 5.75 Å². The predicted molar refractivity (Wildman–Crippen MR) is 120 cm³/mol. The van der Waals surface area contributed by atoms with Crippen molar-refractivity contribution in [2.45, 2.75) is 38.6 Å². The molecule has 1 aromatic heterocycles. The number of carbonyl (C=O) groups is 1. The third-order valence-corrected chi connectivity index (χ3v) is 5.68. The summed E-state index contributed by atoms with van der Waals surface area (Å²) in [6, 6.07) is 16.4. The first-order valence-corrected chi connectivity index (χ1v) is 10.7. The number of unbranched alkanes of at least 4 members (excludes halogenated alkanes) is 1. The lowest BCUT2D eigenvalue weighted by molar-refractivity contribution is -0.127. The highest BCUT2D eigenvalue weighted by molar-refractivity contribution is 5.81. The number of likely N-dealkylation sites (tertiary alicyclic amines) is 1. The lowest BCUT2D eigenvalue weighted by Crippen LogP contribution is -2.25. The summed E-state index contributed by atoms with van der Waals surface area (Å²) < 4.78 is 8.17. The van der Waals surface area contributed by atoms with E-state index in [0.717, 1.165) is 42.0 Å². The molecule has 0 bridgehead atoms. The number of imidazole rings is 1. The van der Waals surface area contributed by atoms with Gasteiger partial charge in [0.2, 0.25) is 5.91 Å². The average Bonchev–Trinajstić information content (AvgIpc) is 3.30. The van der Waals surface area contributed by atoms with Crippen molar-refractivity contribution in [3.05, 3.63) is 72.6 Å². The van der Waals surface area contributed by atoms with E-state index in [1.165, 1.54) is 5.56 Å². The molecule has 0 radical (unpaired) electrons. The molecule has 156 valence electrons. The Morgan fingerprint density at radius 3 is 2.77 bits per heavy atom. The first kappa shape index (κ1) is 20.2. The first-order valence-electron chi connectivity index (χ1n) is 10.7. The molecule has 0 unspecified atom stereocenters. The molecule has 2 aromatic carbocycles. The molecule has 4 rings (SSSR count). The molecule has 1 aliphatic rings. The molecule has 1 amide bonds. The van der Waals surface area contributed by atoms with Crippen LogP contribution >= 0.6 is 0 Å². The number of fused-ring (bicyclic) bond motifs is 1. The third-order valence-electron chi connectivity index (χ3n) is 5.68. The lowest BCUT2D eigenvalue weighted by atomic mass is 10.1. The zero-order valence-corrected chi connectivity index (χ0v) is 17.6. The van der Waals surface area contributed by atoms with Gasteiger partial charge in [-0.05, 0) is 44.0 Å². The van der Waals surface area contributed by atoms with Crippen LogP contribution in [-0.4, -0.2) is 40.1 Å². The third kappa shape index (κ3) is 4.40. The van der Waals surface area contributed by atoms with Gasteiger partial charge in [0.15, 0.2) is 0 Å². The van der Waals surface area contributed by atoms with Crippen molar-refractivity contribution in [3.63, 3.8) is 0 Å². The van der Waals surface area contributed by atoms with Gasteiger partial charge in [-0.3, -0.25) is 4.79 Å². The second-order valence-electron chi connectivity index (χ2n) is 7.97. The molecule has 3 aromatic rings. The van der Waals surface area contributed by atoms with Crippen LogP contribution < -0.4 is 4.74 Å². The molecule has 1 aliphatic heterocycles. The van der Waals surface area contributed by atoms with Gasteiger partial charge in [0.05, 0.1) is 17.6 Å². The van der Waals surface area contributed by atoms with Gasteiger partial charge < -0.3 is 14.2 Å². The smallest absolute Gasteiger partial charge is 0.223 e. The zero-order chi connectivity index (χ0) is 20.9. The Balaban J connectivity index is 1.42. The highest BCUT2D eigenvalue weighted by atomic mass is 16.5. The maximum absolute atomic E-state index is 12.4. The predicted octanol–water partition coefficient (Wildman–Crippen LogP) is 4.71. The van der Waals surface area contributed by atoms with E-state index < -0.39 is 0 Å². The van der Waals surface area contributed by atoms with Crippen molar-refractivity contribution >= 4 is 16.9 Å². The molecule has 0 aliphatic carbocycles. The second-order valence-corrected chi connectivity index (χ2v) is 7.97. The van der Waals surface area contributed by atoms with Crippen molar-refractivity contribution < 1.29 is 9.53 Å². The van der Waals surface area contributed by atoms with E-state index in [-0.39, 0.29) is 11.8 Å². The number of rotatable bonds is 9. The number of nitrogens with zero attached hydrogens (tertiary/aromatic N) is 3. The number of amides is 1. The van der Waals surface area contributed by atoms with E-state index in [4.69, 9.17) is 9.72 Å². The summed E-state index contributed by atoms with van der Waals surface area (Å²) in [7, 11) is 0. The van der Waals surface area contributed by atoms with Gasteiger partial charge in [-0.2, -0.15) is 0 Å². The van der Waals surface area contributed by atoms with E-state index in [1.54, 1.807) is 6.08 Å². The number of carbonyl (C=O) groups excluding carboxylic acids is 1. The summed E-state index contributed by atoms with van der Waals surface area (Å²) >= 11 is 0. The minimum Gasteiger partial charge on any atom is -0.494 e. The highest BCUT2D eigenvalue weighted by Crippen LogP contribution is 2.30. The summed E-state index contributed by atoms with van der Waals surface area (Å²) in [4.78, 5) is 19.1. The molecular weight excluding hydrogens is 374 g/mol. The Labute approximate surface area is 178 Å². The number of para-hydroxylation sites is 2. The van der Waals surface area contributed by atoms with Gasteiger partial charge >= 0.3 is 0 Å². The monoisotopic (exact) mass is 403 g/mol. The van der Waals surface area contributed by atoms with Gasteiger partial charge in [0.25, 0.3) is 0 Å². The number of aryl methyl sites for hydroxylation is 2. The van der Waals surface area contributed by atoms with E-state index in [9.17, 15) is 4.79 Å².